The highest BCUT2D eigenvalue weighted by atomic mass is 79.9. The third-order valence-corrected chi connectivity index (χ3v) is 5.01. The van der Waals surface area contributed by atoms with E-state index in [4.69, 9.17) is 0 Å². The van der Waals surface area contributed by atoms with Crippen LogP contribution < -0.4 is 0 Å². The summed E-state index contributed by atoms with van der Waals surface area (Å²) in [6.45, 7) is 4.53. The molecule has 0 N–H and O–H groups in total. The van der Waals surface area contributed by atoms with Crippen LogP contribution in [-0.4, -0.2) is 0 Å². The van der Waals surface area contributed by atoms with Crippen molar-refractivity contribution in [2.24, 2.45) is 11.8 Å². The highest BCUT2D eigenvalue weighted by Gasteiger charge is 2.09. The average molecular weight is 434 g/mol. The fraction of sp³-hybridized carbons (Fsp3) is 0.238. The fourth-order valence-electron chi connectivity index (χ4n) is 2.49. The van der Waals surface area contributed by atoms with Crippen molar-refractivity contribution in [2.75, 3.05) is 0 Å². The average Bonchev–Trinajstić information content (AvgIpc) is 2.55. The van der Waals surface area contributed by atoms with Crippen LogP contribution in [0.25, 0.3) is 8.96 Å². The first kappa shape index (κ1) is 18.2. The quantitative estimate of drug-likeness (QED) is 0.441. The van der Waals surface area contributed by atoms with Gasteiger partial charge in [-0.3, -0.25) is 0 Å². The molecule has 1 atom stereocenters. The van der Waals surface area contributed by atoms with E-state index in [0.717, 1.165) is 15.4 Å². The Kier molecular flexibility index (Phi) is 7.32. The maximum absolute atomic E-state index is 3.74. The minimum absolute atomic E-state index is 0.374. The van der Waals surface area contributed by atoms with Gasteiger partial charge in [0, 0.05) is 8.96 Å². The maximum atomic E-state index is 3.74. The summed E-state index contributed by atoms with van der Waals surface area (Å²) in [5.74, 6) is 1.01. The van der Waals surface area contributed by atoms with Gasteiger partial charge in [-0.1, -0.05) is 119 Å². The number of hydrogen-bond donors (Lipinski definition) is 0. The highest BCUT2D eigenvalue weighted by molar-refractivity contribution is 9.15. The Bertz CT molecular complexity index is 599. The van der Waals surface area contributed by atoms with Gasteiger partial charge in [0.15, 0.2) is 0 Å². The van der Waals surface area contributed by atoms with Crippen molar-refractivity contribution in [3.8, 4) is 0 Å². The Labute approximate surface area is 156 Å². The molecule has 0 saturated carbocycles. The van der Waals surface area contributed by atoms with Crippen LogP contribution in [0.4, 0.5) is 0 Å². The first-order valence-electron chi connectivity index (χ1n) is 7.91. The molecule has 0 radical (unpaired) electrons. The Morgan fingerprint density at radius 3 is 1.52 bits per heavy atom. The number of rotatable bonds is 6. The molecule has 120 valence electrons. The van der Waals surface area contributed by atoms with E-state index in [2.05, 4.69) is 106 Å². The first-order valence-corrected chi connectivity index (χ1v) is 9.50. The molecule has 0 amide bonds. The second-order valence-electron chi connectivity index (χ2n) is 6.05. The Balaban J connectivity index is 2.27. The third-order valence-electron chi connectivity index (χ3n) is 3.56. The zero-order valence-electron chi connectivity index (χ0n) is 13.5. The Hall–Kier alpha value is -1.12. The van der Waals surface area contributed by atoms with E-state index in [0.29, 0.717) is 11.8 Å². The molecule has 2 aromatic rings. The van der Waals surface area contributed by atoms with Gasteiger partial charge in [0.25, 0.3) is 0 Å². The molecule has 0 saturated heterocycles. The molecule has 0 aliphatic heterocycles. The molecule has 1 unspecified atom stereocenters. The van der Waals surface area contributed by atoms with Crippen LogP contribution in [0.2, 0.25) is 0 Å². The van der Waals surface area contributed by atoms with E-state index >= 15 is 0 Å². The largest absolute Gasteiger partial charge is 0.0627 e. The van der Waals surface area contributed by atoms with Gasteiger partial charge in [0.05, 0.1) is 0 Å². The highest BCUT2D eigenvalue weighted by Crippen LogP contribution is 2.30. The monoisotopic (exact) mass is 432 g/mol. The van der Waals surface area contributed by atoms with Crippen LogP contribution in [0.15, 0.2) is 72.8 Å². The van der Waals surface area contributed by atoms with E-state index in [1.807, 2.05) is 12.1 Å². The van der Waals surface area contributed by atoms with Crippen molar-refractivity contribution in [2.45, 2.75) is 20.3 Å². The lowest BCUT2D eigenvalue weighted by Gasteiger charge is -2.14. The zero-order chi connectivity index (χ0) is 16.7. The van der Waals surface area contributed by atoms with E-state index in [-0.39, 0.29) is 0 Å². The van der Waals surface area contributed by atoms with Crippen molar-refractivity contribution >= 4 is 40.8 Å². The summed E-state index contributed by atoms with van der Waals surface area (Å²) < 4.78 is 2.29. The Morgan fingerprint density at radius 2 is 1.17 bits per heavy atom. The van der Waals surface area contributed by atoms with E-state index in [1.165, 1.54) is 11.1 Å². The predicted octanol–water partition coefficient (Wildman–Crippen LogP) is 7.52. The molecular formula is C21H22Br2. The summed E-state index contributed by atoms with van der Waals surface area (Å²) >= 11 is 7.48. The van der Waals surface area contributed by atoms with Gasteiger partial charge in [-0.15, -0.1) is 0 Å². The van der Waals surface area contributed by atoms with Crippen molar-refractivity contribution in [1.29, 1.82) is 0 Å². The molecule has 0 aliphatic rings. The Morgan fingerprint density at radius 1 is 0.783 bits per heavy atom. The summed E-state index contributed by atoms with van der Waals surface area (Å²) in [5.41, 5.74) is 2.43. The van der Waals surface area contributed by atoms with Gasteiger partial charge < -0.3 is 0 Å². The molecule has 0 aromatic heterocycles. The smallest absolute Gasteiger partial charge is 0.0213 e. The SMILES string of the molecule is CC(C)CC(/C=C(\Br)c1ccccc1)/C=C(/Br)c1ccccc1. The summed E-state index contributed by atoms with van der Waals surface area (Å²) in [7, 11) is 0. The molecule has 0 spiro atoms. The van der Waals surface area contributed by atoms with Crippen molar-refractivity contribution in [3.63, 3.8) is 0 Å². The van der Waals surface area contributed by atoms with Crippen LogP contribution in [0.1, 0.15) is 31.4 Å². The third kappa shape index (κ3) is 6.12. The van der Waals surface area contributed by atoms with Gasteiger partial charge in [-0.25, -0.2) is 0 Å². The normalized spacial score (nSPS) is 14.1. The van der Waals surface area contributed by atoms with Crippen LogP contribution >= 0.6 is 31.9 Å². The molecule has 0 aliphatic carbocycles. The molecule has 2 rings (SSSR count). The zero-order valence-corrected chi connectivity index (χ0v) is 16.7. The standard InChI is InChI=1S/C21H22Br2/c1-16(2)13-17(14-20(22)18-9-5-3-6-10-18)15-21(23)19-11-7-4-8-12-19/h3-12,14-17H,13H2,1-2H3/b20-14-,21-15+. The first-order chi connectivity index (χ1) is 11.1. The summed E-state index contributed by atoms with van der Waals surface area (Å²) in [6.07, 6.45) is 5.73. The van der Waals surface area contributed by atoms with Crippen molar-refractivity contribution in [1.82, 2.24) is 0 Å². The molecule has 0 bridgehead atoms. The summed E-state index contributed by atoms with van der Waals surface area (Å²) in [5, 5.41) is 0. The molecule has 0 heterocycles. The van der Waals surface area contributed by atoms with Crippen molar-refractivity contribution < 1.29 is 0 Å². The molecular weight excluding hydrogens is 412 g/mol. The van der Waals surface area contributed by atoms with Crippen LogP contribution in [0.3, 0.4) is 0 Å². The second-order valence-corrected chi connectivity index (χ2v) is 7.76. The van der Waals surface area contributed by atoms with E-state index < -0.39 is 0 Å². The summed E-state index contributed by atoms with van der Waals surface area (Å²) in [4.78, 5) is 0. The van der Waals surface area contributed by atoms with Crippen molar-refractivity contribution in [3.05, 3.63) is 83.9 Å². The minimum atomic E-state index is 0.374. The van der Waals surface area contributed by atoms with Gasteiger partial charge in [-0.05, 0) is 29.4 Å². The molecule has 2 heteroatoms. The number of allylic oxidation sites excluding steroid dienone is 2. The lowest BCUT2D eigenvalue weighted by Crippen LogP contribution is -1.99. The number of halogens is 2. The fourth-order valence-corrected chi connectivity index (χ4v) is 3.70. The molecule has 0 fully saturated rings. The lowest BCUT2D eigenvalue weighted by atomic mass is 9.95. The maximum Gasteiger partial charge on any atom is 0.0213 e. The number of benzene rings is 2. The topological polar surface area (TPSA) is 0 Å². The van der Waals surface area contributed by atoms with Gasteiger partial charge in [0.2, 0.25) is 0 Å². The van der Waals surface area contributed by atoms with Crippen LogP contribution in [0.5, 0.6) is 0 Å². The lowest BCUT2D eigenvalue weighted by molar-refractivity contribution is 0.534. The second kappa shape index (κ2) is 9.24. The summed E-state index contributed by atoms with van der Waals surface area (Å²) in [6, 6.07) is 20.9. The minimum Gasteiger partial charge on any atom is -0.0627 e. The van der Waals surface area contributed by atoms with Gasteiger partial charge >= 0.3 is 0 Å². The number of hydrogen-bond acceptors (Lipinski definition) is 0. The molecule has 0 nitrogen and oxygen atoms in total. The van der Waals surface area contributed by atoms with Crippen LogP contribution in [-0.2, 0) is 0 Å². The van der Waals surface area contributed by atoms with E-state index in [9.17, 15) is 0 Å². The molecule has 23 heavy (non-hydrogen) atoms. The van der Waals surface area contributed by atoms with E-state index in [1.54, 1.807) is 0 Å². The van der Waals surface area contributed by atoms with Gasteiger partial charge in [0.1, 0.15) is 0 Å². The van der Waals surface area contributed by atoms with Gasteiger partial charge in [-0.2, -0.15) is 0 Å². The predicted molar refractivity (Wildman–Crippen MR) is 110 cm³/mol. The molecule has 2 aromatic carbocycles. The van der Waals surface area contributed by atoms with Crippen LogP contribution in [0, 0.1) is 11.8 Å².